The molecule has 8 heteroatoms. The second kappa shape index (κ2) is 19.1. The van der Waals surface area contributed by atoms with Crippen molar-refractivity contribution < 1.29 is 24.5 Å². The van der Waals surface area contributed by atoms with E-state index in [0.29, 0.717) is 33.7 Å². The first-order valence-corrected chi connectivity index (χ1v) is 12.2. The van der Waals surface area contributed by atoms with Crippen LogP contribution in [-0.4, -0.2) is 35.4 Å². The van der Waals surface area contributed by atoms with Crippen molar-refractivity contribution in [3.8, 4) is 23.0 Å². The zero-order valence-corrected chi connectivity index (χ0v) is 23.0. The van der Waals surface area contributed by atoms with Gasteiger partial charge in [-0.1, -0.05) is 50.4 Å². The summed E-state index contributed by atoms with van der Waals surface area (Å²) in [6.07, 6.45) is 0. The molecule has 3 rings (SSSR count). The Balaban J connectivity index is 0.000000589. The van der Waals surface area contributed by atoms with Gasteiger partial charge in [0.25, 0.3) is 0 Å². The molecule has 3 aromatic rings. The molecule has 37 heavy (non-hydrogen) atoms. The number of benzene rings is 3. The molecule has 0 aliphatic carbocycles. The van der Waals surface area contributed by atoms with E-state index in [0.717, 1.165) is 11.1 Å². The number of aromatic hydroxyl groups is 2. The molecular weight excluding hydrogens is 488 g/mol. The number of rotatable bonds is 5. The molecule has 0 heterocycles. The molecular formula is C29H36N2O5S. The van der Waals surface area contributed by atoms with Crippen LogP contribution in [0.3, 0.4) is 0 Å². The van der Waals surface area contributed by atoms with E-state index in [4.69, 9.17) is 25.4 Å². The first-order valence-electron chi connectivity index (χ1n) is 11.3. The van der Waals surface area contributed by atoms with Crippen LogP contribution in [0, 0.1) is 6.92 Å². The summed E-state index contributed by atoms with van der Waals surface area (Å²) in [4.78, 5) is 14.7. The van der Waals surface area contributed by atoms with Gasteiger partial charge in [0.1, 0.15) is 22.5 Å². The van der Waals surface area contributed by atoms with Crippen molar-refractivity contribution in [2.24, 2.45) is 4.99 Å². The van der Waals surface area contributed by atoms with Crippen molar-refractivity contribution in [2.45, 2.75) is 27.7 Å². The number of phenolic OH excluding ortho intramolecular Hbond substituents is 2. The molecule has 0 saturated heterocycles. The fourth-order valence-corrected chi connectivity index (χ4v) is 2.99. The predicted molar refractivity (Wildman–Crippen MR) is 156 cm³/mol. The lowest BCUT2D eigenvalue weighted by Gasteiger charge is -2.08. The number of aliphatic imine (C=N–C) groups is 1. The maximum Gasteiger partial charge on any atom is 0.162 e. The lowest BCUT2D eigenvalue weighted by atomic mass is 10.2. The van der Waals surface area contributed by atoms with E-state index < -0.39 is 0 Å². The minimum Gasteiger partial charge on any atom is -0.508 e. The molecule has 0 fully saturated rings. The summed E-state index contributed by atoms with van der Waals surface area (Å²) < 4.78 is 10.4. The van der Waals surface area contributed by atoms with E-state index in [-0.39, 0.29) is 5.75 Å². The van der Waals surface area contributed by atoms with Crippen LogP contribution in [0.1, 0.15) is 26.3 Å². The van der Waals surface area contributed by atoms with Gasteiger partial charge >= 0.3 is 0 Å². The summed E-state index contributed by atoms with van der Waals surface area (Å²) in [6.45, 7) is 11.6. The molecule has 0 aromatic heterocycles. The fraction of sp³-hybridized carbons (Fsp3) is 0.207. The van der Waals surface area contributed by atoms with Crippen molar-refractivity contribution in [3.63, 3.8) is 0 Å². The molecule has 0 radical (unpaired) electrons. The molecule has 0 aliphatic heterocycles. The third kappa shape index (κ3) is 14.1. The number of nitrogen functional groups attached to an aromatic ring is 1. The molecule has 0 atom stereocenters. The number of phenols is 2. The van der Waals surface area contributed by atoms with Crippen LogP contribution < -0.4 is 15.2 Å². The average molecular weight is 525 g/mol. The van der Waals surface area contributed by atoms with Gasteiger partial charge in [0, 0.05) is 17.8 Å². The van der Waals surface area contributed by atoms with Gasteiger partial charge in [-0.25, -0.2) is 9.79 Å². The van der Waals surface area contributed by atoms with E-state index >= 15 is 0 Å². The van der Waals surface area contributed by atoms with E-state index in [1.807, 2.05) is 39.8 Å². The van der Waals surface area contributed by atoms with Crippen molar-refractivity contribution >= 4 is 34.1 Å². The third-order valence-electron chi connectivity index (χ3n) is 4.05. The fourth-order valence-electron chi connectivity index (χ4n) is 2.47. The molecule has 198 valence electrons. The zero-order chi connectivity index (χ0) is 28.2. The van der Waals surface area contributed by atoms with Crippen LogP contribution in [0.15, 0.2) is 89.3 Å². The summed E-state index contributed by atoms with van der Waals surface area (Å²) in [5, 5.41) is 19.5. The molecule has 0 aliphatic rings. The number of ether oxygens (including phenoxy) is 2. The second-order valence-corrected chi connectivity index (χ2v) is 7.88. The molecule has 0 amide bonds. The maximum absolute atomic E-state index is 10.2. The average Bonchev–Trinajstić information content (AvgIpc) is 2.88. The van der Waals surface area contributed by atoms with Gasteiger partial charge in [-0.3, -0.25) is 0 Å². The van der Waals surface area contributed by atoms with Crippen molar-refractivity contribution in [3.05, 3.63) is 89.9 Å². The van der Waals surface area contributed by atoms with Gasteiger partial charge < -0.3 is 25.4 Å². The van der Waals surface area contributed by atoms with Crippen LogP contribution in [0.4, 0.5) is 11.4 Å². The number of nitrogens with zero attached hydrogens (tertiary/aromatic N) is 1. The van der Waals surface area contributed by atoms with Gasteiger partial charge in [0.15, 0.2) is 11.5 Å². The molecule has 3 aromatic carbocycles. The summed E-state index contributed by atoms with van der Waals surface area (Å²) in [7, 11) is 3.14. The van der Waals surface area contributed by atoms with E-state index in [9.17, 15) is 4.79 Å². The van der Waals surface area contributed by atoms with E-state index in [1.54, 1.807) is 68.7 Å². The highest BCUT2D eigenvalue weighted by atomic mass is 32.2. The molecule has 0 spiro atoms. The van der Waals surface area contributed by atoms with Gasteiger partial charge in [0.05, 0.1) is 25.3 Å². The first-order chi connectivity index (χ1) is 17.7. The Morgan fingerprint density at radius 1 is 0.973 bits per heavy atom. The van der Waals surface area contributed by atoms with Gasteiger partial charge in [-0.05, 0) is 61.4 Å². The zero-order valence-electron chi connectivity index (χ0n) is 22.2. The Kier molecular flexibility index (Phi) is 17.0. The largest absolute Gasteiger partial charge is 0.508 e. The summed E-state index contributed by atoms with van der Waals surface area (Å²) in [5.74, 6) is 3.49. The smallest absolute Gasteiger partial charge is 0.162 e. The van der Waals surface area contributed by atoms with Crippen LogP contribution in [0.5, 0.6) is 23.0 Å². The van der Waals surface area contributed by atoms with Gasteiger partial charge in [-0.2, -0.15) is 0 Å². The Hall–Kier alpha value is -4.13. The number of nitrogens with two attached hydrogens (primary N) is 1. The van der Waals surface area contributed by atoms with Gasteiger partial charge in [0.2, 0.25) is 0 Å². The number of hydrogen-bond acceptors (Lipinski definition) is 8. The van der Waals surface area contributed by atoms with Crippen molar-refractivity contribution in [1.82, 2.24) is 0 Å². The Morgan fingerprint density at radius 2 is 1.57 bits per heavy atom. The summed E-state index contributed by atoms with van der Waals surface area (Å²) >= 11 is 1.18. The van der Waals surface area contributed by atoms with E-state index in [1.165, 1.54) is 23.2 Å². The van der Waals surface area contributed by atoms with Crippen LogP contribution >= 0.6 is 11.8 Å². The number of aryl methyl sites for hydroxylation is 1. The Bertz CT molecular complexity index is 1110. The molecule has 0 bridgehead atoms. The molecule has 0 saturated carbocycles. The molecule has 0 unspecified atom stereocenters. The third-order valence-corrected chi connectivity index (χ3v) is 4.93. The number of hydrogen-bond donors (Lipinski definition) is 3. The topological polar surface area (TPSA) is 114 Å². The molecule has 7 nitrogen and oxygen atoms in total. The lowest BCUT2D eigenvalue weighted by molar-refractivity contribution is 0.355. The van der Waals surface area contributed by atoms with Crippen molar-refractivity contribution in [1.29, 1.82) is 0 Å². The minimum atomic E-state index is 0.213. The van der Waals surface area contributed by atoms with Crippen LogP contribution in [-0.2, 0) is 4.79 Å². The van der Waals surface area contributed by atoms with Crippen molar-refractivity contribution in [2.75, 3.05) is 20.0 Å². The first kappa shape index (κ1) is 32.9. The second-order valence-electron chi connectivity index (χ2n) is 7.02. The highest BCUT2D eigenvalue weighted by molar-refractivity contribution is 8.17. The quantitative estimate of drug-likeness (QED) is 0.141. The lowest BCUT2D eigenvalue weighted by Crippen LogP contribution is -1.92. The highest BCUT2D eigenvalue weighted by Crippen LogP contribution is 2.32. The van der Waals surface area contributed by atoms with Gasteiger partial charge in [-0.15, -0.1) is 0 Å². The molecule has 4 N–H and O–H groups in total. The summed E-state index contributed by atoms with van der Waals surface area (Å²) in [5.41, 5.74) is 8.44. The monoisotopic (exact) mass is 524 g/mol. The van der Waals surface area contributed by atoms with Crippen LogP contribution in [0.2, 0.25) is 0 Å². The Morgan fingerprint density at radius 3 is 1.97 bits per heavy atom. The Labute approximate surface area is 224 Å². The number of thioether (sulfide) groups is 1. The number of methoxy groups -OCH3 is 2. The maximum atomic E-state index is 10.2. The number of carbonyl (C=O) groups excluding carboxylic acids is 1. The highest BCUT2D eigenvalue weighted by Gasteiger charge is 2.06. The summed E-state index contributed by atoms with van der Waals surface area (Å²) in [6, 6.07) is 19.0. The SMILES string of the molecule is C=C(C)C(=Nc1ccc(OC)c(OC)c1)SC=C=O.CC.Cc1cccc(O)c1.Nc1cccc(O)c1. The normalized spacial score (nSPS) is 9.51. The van der Waals surface area contributed by atoms with E-state index in [2.05, 4.69) is 11.6 Å². The minimum absolute atomic E-state index is 0.213. The number of anilines is 1. The predicted octanol–water partition coefficient (Wildman–Crippen LogP) is 7.09. The standard InChI is InChI=1S/C14H15NO3S.C7H8O.C6H7NO.C2H6/c1-10(2)14(19-8-7-16)15-11-5-6-12(17-3)13(9-11)18-4;1-6-3-2-4-7(8)5-6;7-5-2-1-3-6(8)4-5;1-2/h5-6,8-9H,1H2,2-4H3;2-5,8H,1H3;1-4,8H,7H2;1-2H3. The van der Waals surface area contributed by atoms with Crippen LogP contribution in [0.25, 0.3) is 0 Å².